The number of fused-ring (bicyclic) bond motifs is 1. The van der Waals surface area contributed by atoms with Crippen molar-refractivity contribution in [2.75, 3.05) is 5.32 Å². The number of aliphatic carboxylic acids is 1. The minimum Gasteiger partial charge on any atom is -0.480 e. The number of para-hydroxylation sites is 1. The Hall–Kier alpha value is -2.95. The minimum absolute atomic E-state index is 0.0705. The molecule has 0 spiro atoms. The van der Waals surface area contributed by atoms with Gasteiger partial charge >= 0.3 is 5.97 Å². The van der Waals surface area contributed by atoms with Crippen molar-refractivity contribution in [1.82, 2.24) is 9.97 Å². The maximum atomic E-state index is 11.8. The molecule has 5 heteroatoms. The van der Waals surface area contributed by atoms with E-state index in [1.54, 1.807) is 0 Å². The number of benzene rings is 2. The highest BCUT2D eigenvalue weighted by Crippen LogP contribution is 2.28. The van der Waals surface area contributed by atoms with E-state index in [9.17, 15) is 9.90 Å². The number of hydrogen-bond donors (Lipinski definition) is 2. The molecule has 3 rings (SSSR count). The van der Waals surface area contributed by atoms with Crippen LogP contribution in [0.15, 0.2) is 48.5 Å². The summed E-state index contributed by atoms with van der Waals surface area (Å²) in [6, 6.07) is 15.2. The average Bonchev–Trinajstić information content (AvgIpc) is 2.66. The van der Waals surface area contributed by atoms with Crippen LogP contribution in [0.3, 0.4) is 0 Å². The lowest BCUT2D eigenvalue weighted by atomic mass is 9.87. The van der Waals surface area contributed by atoms with E-state index in [0.717, 1.165) is 16.5 Å². The van der Waals surface area contributed by atoms with Crippen LogP contribution in [0.5, 0.6) is 0 Å². The highest BCUT2D eigenvalue weighted by atomic mass is 16.4. The van der Waals surface area contributed by atoms with Crippen LogP contribution >= 0.6 is 0 Å². The van der Waals surface area contributed by atoms with Gasteiger partial charge in [0.05, 0.1) is 5.52 Å². The van der Waals surface area contributed by atoms with Crippen LogP contribution in [0.25, 0.3) is 22.3 Å². The predicted octanol–water partition coefficient (Wildman–Crippen LogP) is 5.51. The fourth-order valence-electron chi connectivity index (χ4n) is 3.29. The molecule has 29 heavy (non-hydrogen) atoms. The zero-order valence-corrected chi connectivity index (χ0v) is 17.7. The molecule has 0 fully saturated rings. The second-order valence-electron chi connectivity index (χ2n) is 8.91. The summed E-state index contributed by atoms with van der Waals surface area (Å²) in [6.45, 7) is 10.6. The van der Waals surface area contributed by atoms with Gasteiger partial charge in [0.15, 0.2) is 5.82 Å². The number of carboxylic acid groups (broad SMARTS) is 1. The van der Waals surface area contributed by atoms with Gasteiger partial charge in [-0.3, -0.25) is 0 Å². The predicted molar refractivity (Wildman–Crippen MR) is 118 cm³/mol. The minimum atomic E-state index is -0.877. The summed E-state index contributed by atoms with van der Waals surface area (Å²) in [7, 11) is 0. The Morgan fingerprint density at radius 3 is 2.28 bits per heavy atom. The monoisotopic (exact) mass is 391 g/mol. The van der Waals surface area contributed by atoms with Crippen molar-refractivity contribution < 1.29 is 9.90 Å². The molecular formula is C24H29N3O2. The number of nitrogens with one attached hydrogen (secondary N) is 1. The van der Waals surface area contributed by atoms with Crippen LogP contribution in [0.2, 0.25) is 0 Å². The summed E-state index contributed by atoms with van der Waals surface area (Å²) in [4.78, 5) is 21.2. The summed E-state index contributed by atoms with van der Waals surface area (Å²) < 4.78 is 0. The second kappa shape index (κ2) is 8.19. The largest absolute Gasteiger partial charge is 0.480 e. The van der Waals surface area contributed by atoms with E-state index in [2.05, 4.69) is 38.2 Å². The SMILES string of the molecule is CC(C)CC(Nc1nc(-c2ccc(C(C)(C)C)cc2)nc2ccccc12)C(=O)O. The third-order valence-corrected chi connectivity index (χ3v) is 4.93. The highest BCUT2D eigenvalue weighted by molar-refractivity contribution is 5.92. The third kappa shape index (κ3) is 4.91. The first-order chi connectivity index (χ1) is 13.6. The highest BCUT2D eigenvalue weighted by Gasteiger charge is 2.21. The molecule has 0 bridgehead atoms. The zero-order chi connectivity index (χ0) is 21.2. The number of nitrogens with zero attached hydrogens (tertiary/aromatic N) is 2. The first-order valence-electron chi connectivity index (χ1n) is 10.0. The molecule has 152 valence electrons. The van der Waals surface area contributed by atoms with E-state index >= 15 is 0 Å². The number of rotatable bonds is 6. The van der Waals surface area contributed by atoms with E-state index in [1.807, 2.05) is 50.2 Å². The fraction of sp³-hybridized carbons (Fsp3) is 0.375. The molecular weight excluding hydrogens is 362 g/mol. The summed E-state index contributed by atoms with van der Waals surface area (Å²) >= 11 is 0. The molecule has 3 aromatic rings. The Morgan fingerprint density at radius 1 is 1.03 bits per heavy atom. The fourth-order valence-corrected chi connectivity index (χ4v) is 3.29. The first-order valence-corrected chi connectivity index (χ1v) is 10.0. The summed E-state index contributed by atoms with van der Waals surface area (Å²) in [5.41, 5.74) is 3.00. The van der Waals surface area contributed by atoms with Gasteiger partial charge in [-0.15, -0.1) is 0 Å². The number of hydrogen-bond acceptors (Lipinski definition) is 4. The Kier molecular flexibility index (Phi) is 5.87. The molecule has 0 aliphatic heterocycles. The van der Waals surface area contributed by atoms with Gasteiger partial charge < -0.3 is 10.4 Å². The number of carbonyl (C=O) groups is 1. The van der Waals surface area contributed by atoms with Gasteiger partial charge in [-0.25, -0.2) is 14.8 Å². The summed E-state index contributed by atoms with van der Waals surface area (Å²) in [6.07, 6.45) is 0.517. The normalized spacial score (nSPS) is 12.9. The van der Waals surface area contributed by atoms with Crippen LogP contribution < -0.4 is 5.32 Å². The lowest BCUT2D eigenvalue weighted by Crippen LogP contribution is -2.31. The van der Waals surface area contributed by atoms with Gasteiger partial charge in [-0.2, -0.15) is 0 Å². The van der Waals surface area contributed by atoms with Crippen molar-refractivity contribution in [3.05, 3.63) is 54.1 Å². The van der Waals surface area contributed by atoms with Crippen LogP contribution in [-0.4, -0.2) is 27.1 Å². The van der Waals surface area contributed by atoms with Gasteiger partial charge in [0.1, 0.15) is 11.9 Å². The number of aromatic nitrogens is 2. The van der Waals surface area contributed by atoms with Crippen molar-refractivity contribution in [3.8, 4) is 11.4 Å². The Bertz CT molecular complexity index is 1000. The molecule has 2 N–H and O–H groups in total. The van der Waals surface area contributed by atoms with Crippen molar-refractivity contribution in [2.45, 2.75) is 52.5 Å². The molecule has 0 saturated heterocycles. The molecule has 1 heterocycles. The third-order valence-electron chi connectivity index (χ3n) is 4.93. The number of carboxylic acids is 1. The lowest BCUT2D eigenvalue weighted by molar-refractivity contribution is -0.138. The molecule has 0 aliphatic carbocycles. The van der Waals surface area contributed by atoms with Gasteiger partial charge in [0, 0.05) is 10.9 Å². The van der Waals surface area contributed by atoms with E-state index in [1.165, 1.54) is 5.56 Å². The smallest absolute Gasteiger partial charge is 0.326 e. The van der Waals surface area contributed by atoms with Gasteiger partial charge in [-0.1, -0.05) is 71.0 Å². The maximum absolute atomic E-state index is 11.8. The van der Waals surface area contributed by atoms with E-state index in [-0.39, 0.29) is 11.3 Å². The van der Waals surface area contributed by atoms with Crippen LogP contribution in [-0.2, 0) is 10.2 Å². The van der Waals surface area contributed by atoms with Crippen LogP contribution in [0.1, 0.15) is 46.6 Å². The van der Waals surface area contributed by atoms with Crippen molar-refractivity contribution in [1.29, 1.82) is 0 Å². The molecule has 0 saturated carbocycles. The average molecular weight is 392 g/mol. The van der Waals surface area contributed by atoms with Crippen LogP contribution in [0, 0.1) is 5.92 Å². The standard InChI is InChI=1S/C24H29N3O2/c1-15(2)14-20(23(28)29)26-22-18-8-6-7-9-19(18)25-21(27-22)16-10-12-17(13-11-16)24(3,4)5/h6-13,15,20H,14H2,1-5H3,(H,28,29)(H,25,26,27). The second-order valence-corrected chi connectivity index (χ2v) is 8.91. The zero-order valence-electron chi connectivity index (χ0n) is 17.7. The first kappa shape index (κ1) is 20.8. The van der Waals surface area contributed by atoms with Gasteiger partial charge in [0.25, 0.3) is 0 Å². The number of anilines is 1. The Morgan fingerprint density at radius 2 is 1.69 bits per heavy atom. The molecule has 0 amide bonds. The molecule has 0 aliphatic rings. The van der Waals surface area contributed by atoms with Gasteiger partial charge in [-0.05, 0) is 35.4 Å². The quantitative estimate of drug-likeness (QED) is 0.580. The molecule has 0 radical (unpaired) electrons. The molecule has 1 atom stereocenters. The van der Waals surface area contributed by atoms with Crippen LogP contribution in [0.4, 0.5) is 5.82 Å². The van der Waals surface area contributed by atoms with Gasteiger partial charge in [0.2, 0.25) is 0 Å². The lowest BCUT2D eigenvalue weighted by Gasteiger charge is -2.20. The van der Waals surface area contributed by atoms with Crippen molar-refractivity contribution in [2.24, 2.45) is 5.92 Å². The Balaban J connectivity index is 2.05. The van der Waals surface area contributed by atoms with Crippen molar-refractivity contribution >= 4 is 22.7 Å². The van der Waals surface area contributed by atoms with E-state index in [0.29, 0.717) is 18.1 Å². The molecule has 1 aromatic heterocycles. The maximum Gasteiger partial charge on any atom is 0.326 e. The summed E-state index contributed by atoms with van der Waals surface area (Å²) in [5, 5.41) is 13.6. The van der Waals surface area contributed by atoms with E-state index in [4.69, 9.17) is 9.97 Å². The topological polar surface area (TPSA) is 75.1 Å². The Labute approximate surface area is 172 Å². The van der Waals surface area contributed by atoms with Crippen molar-refractivity contribution in [3.63, 3.8) is 0 Å². The molecule has 5 nitrogen and oxygen atoms in total. The summed E-state index contributed by atoms with van der Waals surface area (Å²) in [5.74, 6) is 0.512. The molecule has 2 aromatic carbocycles. The van der Waals surface area contributed by atoms with E-state index < -0.39 is 12.0 Å². The molecule has 1 unspecified atom stereocenters.